The molecule has 0 radical (unpaired) electrons. The number of epoxide rings is 1. The van der Waals surface area contributed by atoms with Gasteiger partial charge < -0.3 is 44.3 Å². The van der Waals surface area contributed by atoms with Crippen LogP contribution >= 0.6 is 11.6 Å². The predicted molar refractivity (Wildman–Crippen MR) is 204 cm³/mol. The Bertz CT molecular complexity index is 1920. The van der Waals surface area contributed by atoms with Gasteiger partial charge in [-0.15, -0.1) is 5.73 Å². The first-order valence-electron chi connectivity index (χ1n) is 17.9. The van der Waals surface area contributed by atoms with Crippen molar-refractivity contribution in [1.29, 1.82) is 0 Å². The molecule has 0 saturated carbocycles. The average Bonchev–Trinajstić information content (AvgIpc) is 3.89. The molecule has 4 N–H and O–H groups in total. The van der Waals surface area contributed by atoms with Gasteiger partial charge in [0.2, 0.25) is 5.91 Å². The van der Waals surface area contributed by atoms with E-state index in [1.165, 1.54) is 50.1 Å². The lowest BCUT2D eigenvalue weighted by Crippen LogP contribution is -2.63. The topological polar surface area (TPSA) is 182 Å². The number of nitrogens with one attached hydrogen (secondary N) is 1. The number of anilines is 1. The lowest BCUT2D eigenvalue weighted by Gasteiger charge is -2.42. The third-order valence-electron chi connectivity index (χ3n) is 10.7. The number of likely N-dealkylation sites (N-methyl/N-ethyl adjacent to an activating group) is 1. The highest BCUT2D eigenvalue weighted by atomic mass is 35.5. The van der Waals surface area contributed by atoms with Gasteiger partial charge in [0.1, 0.15) is 40.7 Å². The zero-order valence-electron chi connectivity index (χ0n) is 32.3. The van der Waals surface area contributed by atoms with Crippen LogP contribution in [0.15, 0.2) is 77.2 Å². The summed E-state index contributed by atoms with van der Waals surface area (Å²) < 4.78 is 29.3. The Balaban J connectivity index is 1.52. The maximum absolute atomic E-state index is 14.2. The molecule has 5 rings (SSSR count). The van der Waals surface area contributed by atoms with Crippen LogP contribution in [0.4, 0.5) is 10.5 Å². The highest BCUT2D eigenvalue weighted by molar-refractivity contribution is 6.35. The SMILES string of the molecule is COc1cc2cc(c1Cl)N(C)C(=O)C[C@H](OC(=O)[C@H](C)N(C)C(=O)C1=CC=C=CC=C1N)[C@]1(C)O[C@H]1[C@H](C)[C@@H]1C[C@@](O)(NC(=O)O1)[C@H](OC)/C=C/C=C(\C)C2. The quantitative estimate of drug-likeness (QED) is 0.216. The molecule has 3 amide bonds. The average molecular weight is 781 g/mol. The number of methoxy groups -OCH3 is 2. The first-order chi connectivity index (χ1) is 25.9. The van der Waals surface area contributed by atoms with Crippen molar-refractivity contribution < 1.29 is 48.0 Å². The third-order valence-corrected chi connectivity index (χ3v) is 11.1. The molecule has 2 fully saturated rings. The lowest BCUT2D eigenvalue weighted by atomic mass is 9.83. The minimum absolute atomic E-state index is 0.0697. The number of hydrogen-bond donors (Lipinski definition) is 3. The molecule has 0 spiro atoms. The van der Waals surface area contributed by atoms with Crippen molar-refractivity contribution in [2.75, 3.05) is 33.2 Å². The van der Waals surface area contributed by atoms with Gasteiger partial charge in [0.05, 0.1) is 30.9 Å². The zero-order chi connectivity index (χ0) is 40.4. The minimum atomic E-state index is -1.85. The fourth-order valence-electron chi connectivity index (χ4n) is 7.07. The number of nitrogens with two attached hydrogens (primary N) is 1. The molecular formula is C40H49ClN4O10. The molecule has 0 unspecified atom stereocenters. The van der Waals surface area contributed by atoms with E-state index >= 15 is 0 Å². The van der Waals surface area contributed by atoms with Gasteiger partial charge in [-0.2, -0.15) is 0 Å². The summed E-state index contributed by atoms with van der Waals surface area (Å²) in [5.74, 6) is -1.99. The molecular weight excluding hydrogens is 732 g/mol. The molecule has 15 heteroatoms. The molecule has 4 bridgehead atoms. The number of benzene rings is 1. The summed E-state index contributed by atoms with van der Waals surface area (Å²) in [6, 6.07) is 2.45. The van der Waals surface area contributed by atoms with E-state index in [0.29, 0.717) is 17.9 Å². The second kappa shape index (κ2) is 16.5. The first kappa shape index (κ1) is 41.3. The summed E-state index contributed by atoms with van der Waals surface area (Å²) in [5.41, 5.74) is 8.29. The maximum Gasteiger partial charge on any atom is 0.409 e. The van der Waals surface area contributed by atoms with Gasteiger partial charge >= 0.3 is 12.1 Å². The van der Waals surface area contributed by atoms with Gasteiger partial charge in [-0.3, -0.25) is 14.9 Å². The van der Waals surface area contributed by atoms with Crippen LogP contribution in [0.5, 0.6) is 5.75 Å². The molecule has 14 nitrogen and oxygen atoms in total. The molecule has 0 aromatic heterocycles. The number of ether oxygens (including phenoxy) is 5. The van der Waals surface area contributed by atoms with Crippen LogP contribution in [-0.2, 0) is 39.8 Å². The van der Waals surface area contributed by atoms with Crippen LogP contribution < -0.4 is 20.7 Å². The van der Waals surface area contributed by atoms with Crippen molar-refractivity contribution in [3.05, 3.63) is 87.8 Å². The Morgan fingerprint density at radius 1 is 1.20 bits per heavy atom. The Morgan fingerprint density at radius 3 is 2.60 bits per heavy atom. The number of alkyl carbamates (subject to hydrolysis) is 1. The molecule has 4 aliphatic rings. The van der Waals surface area contributed by atoms with E-state index in [4.69, 9.17) is 41.0 Å². The molecule has 1 aliphatic carbocycles. The lowest BCUT2D eigenvalue weighted by molar-refractivity contribution is -0.161. The fourth-order valence-corrected chi connectivity index (χ4v) is 7.39. The standard InChI is InChI=1S/C40H49ClN4O10/c1-22-13-12-16-31(52-8)40(50)21-30(53-38(49)43-40)23(2)35-39(4,55-35)32(20-33(46)45(6)28-18-25(17-22)19-29(51-7)34(28)41)54-37(48)24(3)44(5)36(47)26-14-10-9-11-15-27(26)42/h10-16,18-19,23-24,30-32,35,50H,17,20-21,42H2,1-8H3,(H,43,49)/b16-12+,22-13+/t23-,24+,30+,31-,32+,35+,39+,40+/m1/s1. The first-order valence-corrected chi connectivity index (χ1v) is 18.3. The van der Waals surface area contributed by atoms with Gasteiger partial charge in [0.15, 0.2) is 5.72 Å². The van der Waals surface area contributed by atoms with Crippen molar-refractivity contribution in [3.63, 3.8) is 0 Å². The number of halogens is 1. The fraction of sp³-hybridized carbons (Fsp3) is 0.475. The van der Waals surface area contributed by atoms with E-state index in [-0.39, 0.29) is 29.1 Å². The summed E-state index contributed by atoms with van der Waals surface area (Å²) in [7, 11) is 5.91. The molecule has 1 aromatic rings. The number of carbonyl (C=O) groups is 4. The minimum Gasteiger partial charge on any atom is -0.495 e. The number of aliphatic hydroxyl groups is 1. The van der Waals surface area contributed by atoms with E-state index < -0.39 is 71.6 Å². The van der Waals surface area contributed by atoms with Crippen LogP contribution in [0.1, 0.15) is 46.1 Å². The van der Waals surface area contributed by atoms with Crippen LogP contribution in [-0.4, -0.2) is 104 Å². The summed E-state index contributed by atoms with van der Waals surface area (Å²) in [6.07, 6.45) is 6.85. The Morgan fingerprint density at radius 2 is 1.91 bits per heavy atom. The smallest absolute Gasteiger partial charge is 0.409 e. The van der Waals surface area contributed by atoms with Gasteiger partial charge in [0, 0.05) is 39.2 Å². The number of nitrogens with zero attached hydrogens (tertiary/aromatic N) is 2. The normalized spacial score (nSPS) is 31.6. The molecule has 3 heterocycles. The Hall–Kier alpha value is -4.85. The van der Waals surface area contributed by atoms with Crippen molar-refractivity contribution in [3.8, 4) is 5.75 Å². The monoisotopic (exact) mass is 780 g/mol. The molecule has 55 heavy (non-hydrogen) atoms. The van der Waals surface area contributed by atoms with Crippen molar-refractivity contribution >= 4 is 41.2 Å². The second-order valence-electron chi connectivity index (χ2n) is 14.5. The van der Waals surface area contributed by atoms with Crippen LogP contribution in [0.25, 0.3) is 0 Å². The van der Waals surface area contributed by atoms with Crippen LogP contribution in [0.3, 0.4) is 0 Å². The summed E-state index contributed by atoms with van der Waals surface area (Å²) in [4.78, 5) is 57.0. The number of rotatable bonds is 6. The van der Waals surface area contributed by atoms with Crippen LogP contribution in [0, 0.1) is 5.92 Å². The van der Waals surface area contributed by atoms with Crippen molar-refractivity contribution in [1.82, 2.24) is 10.2 Å². The molecule has 8 atom stereocenters. The van der Waals surface area contributed by atoms with E-state index in [9.17, 15) is 24.3 Å². The van der Waals surface area contributed by atoms with E-state index in [2.05, 4.69) is 11.0 Å². The second-order valence-corrected chi connectivity index (χ2v) is 14.9. The Labute approximate surface area is 325 Å². The van der Waals surface area contributed by atoms with E-state index in [0.717, 1.165) is 11.1 Å². The number of amides is 3. The molecule has 296 valence electrons. The highest BCUT2D eigenvalue weighted by Gasteiger charge is 2.64. The zero-order valence-corrected chi connectivity index (χ0v) is 33.0. The maximum atomic E-state index is 14.2. The number of esters is 1. The van der Waals surface area contributed by atoms with Gasteiger partial charge in [-0.05, 0) is 69.2 Å². The van der Waals surface area contributed by atoms with Crippen molar-refractivity contribution in [2.24, 2.45) is 11.7 Å². The predicted octanol–water partition coefficient (Wildman–Crippen LogP) is 4.01. The summed E-state index contributed by atoms with van der Waals surface area (Å²) in [5, 5.41) is 14.5. The van der Waals surface area contributed by atoms with Gasteiger partial charge in [-0.1, -0.05) is 42.3 Å². The molecule has 1 aromatic carbocycles. The number of allylic oxidation sites excluding steroid dienone is 6. The highest BCUT2D eigenvalue weighted by Crippen LogP contribution is 2.49. The van der Waals surface area contributed by atoms with E-state index in [1.54, 1.807) is 57.3 Å². The largest absolute Gasteiger partial charge is 0.495 e. The molecule has 2 saturated heterocycles. The summed E-state index contributed by atoms with van der Waals surface area (Å²) in [6.45, 7) is 6.90. The third kappa shape index (κ3) is 8.69. The summed E-state index contributed by atoms with van der Waals surface area (Å²) >= 11 is 6.77. The van der Waals surface area contributed by atoms with Crippen LogP contribution in [0.2, 0.25) is 5.02 Å². The van der Waals surface area contributed by atoms with Gasteiger partial charge in [-0.25, -0.2) is 9.59 Å². The number of carbonyl (C=O) groups excluding carboxylic acids is 4. The number of hydrogen-bond acceptors (Lipinski definition) is 11. The number of fused-ring (bicyclic) bond motifs is 5. The Kier molecular flexibility index (Phi) is 12.4. The van der Waals surface area contributed by atoms with Gasteiger partial charge in [0.25, 0.3) is 5.91 Å². The molecule has 3 aliphatic heterocycles. The van der Waals surface area contributed by atoms with Crippen molar-refractivity contribution in [2.45, 2.75) is 88.7 Å². The van der Waals surface area contributed by atoms with E-state index in [1.807, 2.05) is 13.0 Å².